The number of hydrogen-bond donors (Lipinski definition) is 0. The Morgan fingerprint density at radius 1 is 1.09 bits per heavy atom. The monoisotopic (exact) mass is 462 g/mol. The van der Waals surface area contributed by atoms with Crippen molar-refractivity contribution in [2.45, 2.75) is 64.1 Å². The number of ether oxygens (including phenoxy) is 1. The van der Waals surface area contributed by atoms with Gasteiger partial charge in [-0.3, -0.25) is 4.79 Å². The predicted octanol–water partition coefficient (Wildman–Crippen LogP) is 5.55. The molecule has 4 nitrogen and oxygen atoms in total. The smallest absolute Gasteiger partial charge is 0.258 e. The topological polar surface area (TPSA) is 32.8 Å². The molecule has 0 aliphatic carbocycles. The van der Waals surface area contributed by atoms with Crippen molar-refractivity contribution in [2.24, 2.45) is 5.92 Å². The Morgan fingerprint density at radius 3 is 2.55 bits per heavy atom. The number of benzene rings is 2. The lowest BCUT2D eigenvalue weighted by Crippen LogP contribution is -2.43. The molecule has 3 aliphatic heterocycles. The van der Waals surface area contributed by atoms with Gasteiger partial charge in [0, 0.05) is 41.4 Å². The van der Waals surface area contributed by atoms with Gasteiger partial charge in [-0.25, -0.2) is 0 Å². The number of anilines is 1. The Balaban J connectivity index is 1.30. The fourth-order valence-electron chi connectivity index (χ4n) is 5.43. The van der Waals surface area contributed by atoms with Gasteiger partial charge in [-0.2, -0.15) is 0 Å². The number of piperidine rings is 1. The predicted molar refractivity (Wildman–Crippen MR) is 133 cm³/mol. The Labute approximate surface area is 201 Å². The first-order valence-corrected chi connectivity index (χ1v) is 12.4. The molecule has 0 N–H and O–H groups in total. The van der Waals surface area contributed by atoms with Gasteiger partial charge < -0.3 is 14.5 Å². The summed E-state index contributed by atoms with van der Waals surface area (Å²) in [5.41, 5.74) is 3.59. The van der Waals surface area contributed by atoms with E-state index < -0.39 is 0 Å². The number of carbonyl (C=O) groups is 1. The van der Waals surface area contributed by atoms with Crippen molar-refractivity contribution in [3.8, 4) is 17.6 Å². The molecule has 3 atom stereocenters. The molecule has 1 unspecified atom stereocenters. The fraction of sp³-hybridized carbons (Fsp3) is 0.464. The van der Waals surface area contributed by atoms with Crippen LogP contribution in [0, 0.1) is 17.8 Å². The van der Waals surface area contributed by atoms with Crippen molar-refractivity contribution in [1.82, 2.24) is 4.90 Å². The number of rotatable bonds is 3. The molecule has 172 valence electrons. The highest BCUT2D eigenvalue weighted by molar-refractivity contribution is 6.32. The van der Waals surface area contributed by atoms with Crippen molar-refractivity contribution >= 4 is 23.2 Å². The second-order valence-electron chi connectivity index (χ2n) is 9.88. The zero-order valence-corrected chi connectivity index (χ0v) is 20.4. The number of halogens is 1. The summed E-state index contributed by atoms with van der Waals surface area (Å²) in [6.07, 6.45) is 5.63. The Morgan fingerprint density at radius 2 is 1.85 bits per heavy atom. The second-order valence-corrected chi connectivity index (χ2v) is 10.3. The minimum atomic E-state index is 0.0104. The van der Waals surface area contributed by atoms with Crippen LogP contribution in [0.2, 0.25) is 5.02 Å². The van der Waals surface area contributed by atoms with Gasteiger partial charge in [0.1, 0.15) is 11.9 Å². The van der Waals surface area contributed by atoms with Crippen molar-refractivity contribution in [1.29, 1.82) is 0 Å². The molecule has 0 radical (unpaired) electrons. The van der Waals surface area contributed by atoms with E-state index in [4.69, 9.17) is 16.3 Å². The zero-order valence-electron chi connectivity index (χ0n) is 19.6. The summed E-state index contributed by atoms with van der Waals surface area (Å²) in [5, 5.41) is 0.566. The van der Waals surface area contributed by atoms with E-state index in [1.54, 1.807) is 0 Å². The van der Waals surface area contributed by atoms with Gasteiger partial charge in [0.15, 0.2) is 0 Å². The molecule has 33 heavy (non-hydrogen) atoms. The maximum atomic E-state index is 13.2. The van der Waals surface area contributed by atoms with Crippen LogP contribution in [0.3, 0.4) is 0 Å². The Hall–Kier alpha value is -2.48. The molecule has 2 aromatic rings. The standard InChI is InChI=1S/C28H31ClN2O2/c1-18(2)4-5-19-6-10-25-20(14-19)12-13-31(28(25)32)23-9-11-27(26(29)17-23)33-24-15-21-7-8-22(16-24)30(21)3/h6,9-11,14,17-18,21-22,24H,7-8,12-13,15-16H2,1-3H3/t21-,22+,24?. The highest BCUT2D eigenvalue weighted by Gasteiger charge is 2.39. The van der Waals surface area contributed by atoms with Gasteiger partial charge in [-0.1, -0.05) is 37.3 Å². The molecular formula is C28H31ClN2O2. The molecule has 5 heteroatoms. The Kier molecular flexibility index (Phi) is 6.12. The van der Waals surface area contributed by atoms with E-state index in [1.807, 2.05) is 35.2 Å². The van der Waals surface area contributed by atoms with Crippen LogP contribution in [-0.4, -0.2) is 42.6 Å². The second kappa shape index (κ2) is 9.05. The molecule has 2 aromatic carbocycles. The first kappa shape index (κ1) is 22.3. The van der Waals surface area contributed by atoms with E-state index in [0.29, 0.717) is 35.3 Å². The molecule has 3 aliphatic rings. The van der Waals surface area contributed by atoms with Gasteiger partial charge >= 0.3 is 0 Å². The minimum Gasteiger partial charge on any atom is -0.489 e. The summed E-state index contributed by atoms with van der Waals surface area (Å²) >= 11 is 6.63. The third-order valence-corrected chi connectivity index (χ3v) is 7.56. The maximum absolute atomic E-state index is 13.2. The number of fused-ring (bicyclic) bond motifs is 3. The summed E-state index contributed by atoms with van der Waals surface area (Å²) in [4.78, 5) is 17.5. The fourth-order valence-corrected chi connectivity index (χ4v) is 5.65. The summed E-state index contributed by atoms with van der Waals surface area (Å²) in [5.74, 6) is 7.44. The quantitative estimate of drug-likeness (QED) is 0.560. The first-order chi connectivity index (χ1) is 15.9. The number of carbonyl (C=O) groups excluding carboxylic acids is 1. The van der Waals surface area contributed by atoms with Gasteiger partial charge in [0.2, 0.25) is 0 Å². The average Bonchev–Trinajstić information content (AvgIpc) is 2.99. The van der Waals surface area contributed by atoms with Crippen LogP contribution in [-0.2, 0) is 6.42 Å². The summed E-state index contributed by atoms with van der Waals surface area (Å²) in [6.45, 7) is 4.78. The van der Waals surface area contributed by atoms with Crippen LogP contribution in [0.4, 0.5) is 5.69 Å². The molecule has 2 bridgehead atoms. The van der Waals surface area contributed by atoms with Gasteiger partial charge in [0.05, 0.1) is 5.02 Å². The molecule has 0 spiro atoms. The molecule has 2 fully saturated rings. The maximum Gasteiger partial charge on any atom is 0.258 e. The zero-order chi connectivity index (χ0) is 23.1. The van der Waals surface area contributed by atoms with Crippen molar-refractivity contribution in [3.05, 3.63) is 58.1 Å². The lowest BCUT2D eigenvalue weighted by Gasteiger charge is -2.36. The SMILES string of the molecule is CC(C)C#Cc1ccc2c(c1)CCN(c1ccc(OC3C[C@H]4CC[C@@H](C3)N4C)c(Cl)c1)C2=O. The largest absolute Gasteiger partial charge is 0.489 e. The van der Waals surface area contributed by atoms with E-state index in [9.17, 15) is 4.79 Å². The lowest BCUT2D eigenvalue weighted by atomic mass is 9.96. The molecular weight excluding hydrogens is 432 g/mol. The van der Waals surface area contributed by atoms with Crippen LogP contribution in [0.15, 0.2) is 36.4 Å². The van der Waals surface area contributed by atoms with Crippen molar-refractivity contribution < 1.29 is 9.53 Å². The molecule has 3 heterocycles. The van der Waals surface area contributed by atoms with Crippen LogP contribution in [0.25, 0.3) is 0 Å². The molecule has 0 saturated carbocycles. The highest BCUT2D eigenvalue weighted by Crippen LogP contribution is 2.38. The lowest BCUT2D eigenvalue weighted by molar-refractivity contribution is 0.0662. The molecule has 0 aromatic heterocycles. The van der Waals surface area contributed by atoms with E-state index >= 15 is 0 Å². The summed E-state index contributed by atoms with van der Waals surface area (Å²) in [7, 11) is 2.23. The normalized spacial score (nSPS) is 24.5. The van der Waals surface area contributed by atoms with E-state index in [2.05, 4.69) is 43.7 Å². The first-order valence-electron chi connectivity index (χ1n) is 12.0. The van der Waals surface area contributed by atoms with Gasteiger partial charge in [-0.15, -0.1) is 0 Å². The number of nitrogens with zero attached hydrogens (tertiary/aromatic N) is 2. The summed E-state index contributed by atoms with van der Waals surface area (Å²) in [6, 6.07) is 12.9. The van der Waals surface area contributed by atoms with E-state index in [-0.39, 0.29) is 12.0 Å². The van der Waals surface area contributed by atoms with E-state index in [1.165, 1.54) is 12.8 Å². The van der Waals surface area contributed by atoms with Crippen molar-refractivity contribution in [2.75, 3.05) is 18.5 Å². The molecule has 5 rings (SSSR count). The van der Waals surface area contributed by atoms with Gasteiger partial charge in [0.25, 0.3) is 5.91 Å². The average molecular weight is 463 g/mol. The Bertz CT molecular complexity index is 1120. The molecule has 2 saturated heterocycles. The van der Waals surface area contributed by atoms with Crippen LogP contribution >= 0.6 is 11.6 Å². The highest BCUT2D eigenvalue weighted by atomic mass is 35.5. The van der Waals surface area contributed by atoms with Crippen LogP contribution in [0.1, 0.15) is 61.0 Å². The number of hydrogen-bond acceptors (Lipinski definition) is 3. The van der Waals surface area contributed by atoms with Crippen LogP contribution < -0.4 is 9.64 Å². The third-order valence-electron chi connectivity index (χ3n) is 7.27. The molecule has 1 amide bonds. The van der Waals surface area contributed by atoms with Crippen molar-refractivity contribution in [3.63, 3.8) is 0 Å². The van der Waals surface area contributed by atoms with Gasteiger partial charge in [-0.05, 0) is 81.1 Å². The third kappa shape index (κ3) is 4.50. The summed E-state index contributed by atoms with van der Waals surface area (Å²) < 4.78 is 6.32. The van der Waals surface area contributed by atoms with E-state index in [0.717, 1.165) is 41.6 Å². The minimum absolute atomic E-state index is 0.0104. The number of amides is 1. The van der Waals surface area contributed by atoms with Crippen LogP contribution in [0.5, 0.6) is 5.75 Å².